The largest absolute Gasteiger partial charge is 0.465 e. The van der Waals surface area contributed by atoms with Gasteiger partial charge in [-0.15, -0.1) is 30.0 Å². The van der Waals surface area contributed by atoms with Gasteiger partial charge in [-0.3, -0.25) is 14.4 Å². The number of carbonyl (C=O) groups excluding carboxylic acids is 3. The van der Waals surface area contributed by atoms with E-state index in [0.717, 1.165) is 17.5 Å². The molecule has 232 valence electrons. The molecule has 1 aromatic heterocycles. The molecule has 0 aliphatic carbocycles. The van der Waals surface area contributed by atoms with Crippen LogP contribution in [-0.2, 0) is 25.8 Å². The number of likely N-dealkylation sites (tertiary alicyclic amines) is 1. The zero-order chi connectivity index (χ0) is 30.9. The number of aliphatic hydroxyl groups is 1. The van der Waals surface area contributed by atoms with E-state index in [9.17, 15) is 19.5 Å². The molecule has 2 amide bonds. The second-order valence-electron chi connectivity index (χ2n) is 12.4. The summed E-state index contributed by atoms with van der Waals surface area (Å²) in [7, 11) is 0. The van der Waals surface area contributed by atoms with Gasteiger partial charge < -0.3 is 19.6 Å². The number of benzene rings is 1. The number of nitrogens with zero attached hydrogens (tertiary/aromatic N) is 5. The number of rotatable bonds is 14. The van der Waals surface area contributed by atoms with Crippen LogP contribution in [0.5, 0.6) is 0 Å². The highest BCUT2D eigenvalue weighted by atomic mass is 32.2. The number of carbonyl (C=O) groups is 3. The van der Waals surface area contributed by atoms with Crippen LogP contribution in [0.4, 0.5) is 0 Å². The number of aliphatic hydroxyl groups excluding tert-OH is 1. The number of ether oxygens (including phenoxy) is 1. The number of fused-ring (bicyclic) bond motifs is 2. The van der Waals surface area contributed by atoms with E-state index >= 15 is 0 Å². The molecule has 3 fully saturated rings. The van der Waals surface area contributed by atoms with Crippen molar-refractivity contribution in [2.45, 2.75) is 75.2 Å². The summed E-state index contributed by atoms with van der Waals surface area (Å²) in [5.74, 6) is -2.01. The van der Waals surface area contributed by atoms with Crippen molar-refractivity contribution in [2.24, 2.45) is 23.7 Å². The van der Waals surface area contributed by atoms with Crippen molar-refractivity contribution in [3.8, 4) is 0 Å². The molecule has 5 rings (SSSR count). The highest BCUT2D eigenvalue weighted by Crippen LogP contribution is 2.69. The molecule has 10 nitrogen and oxygen atoms in total. The Morgan fingerprint density at radius 2 is 2.05 bits per heavy atom. The molecule has 3 unspecified atom stereocenters. The highest BCUT2D eigenvalue weighted by molar-refractivity contribution is 8.02. The van der Waals surface area contributed by atoms with Crippen LogP contribution in [0.15, 0.2) is 49.6 Å². The van der Waals surface area contributed by atoms with Crippen LogP contribution in [0.3, 0.4) is 0 Å². The van der Waals surface area contributed by atoms with Crippen molar-refractivity contribution < 1.29 is 24.2 Å². The lowest BCUT2D eigenvalue weighted by molar-refractivity contribution is -0.155. The Morgan fingerprint density at radius 3 is 2.74 bits per heavy atom. The van der Waals surface area contributed by atoms with Gasteiger partial charge >= 0.3 is 5.97 Å². The van der Waals surface area contributed by atoms with E-state index in [-0.39, 0.29) is 61.3 Å². The monoisotopic (exact) mass is 609 g/mol. The number of hydrogen-bond acceptors (Lipinski definition) is 8. The van der Waals surface area contributed by atoms with Crippen molar-refractivity contribution >= 4 is 40.6 Å². The fraction of sp³-hybridized carbons (Fsp3) is 0.594. The number of unbranched alkanes of at least 4 members (excludes halogenated alkanes) is 1. The third-order valence-electron chi connectivity index (χ3n) is 9.22. The second-order valence-corrected chi connectivity index (χ2v) is 14.0. The van der Waals surface area contributed by atoms with Crippen molar-refractivity contribution in [1.82, 2.24) is 24.8 Å². The van der Waals surface area contributed by atoms with Gasteiger partial charge in [0.1, 0.15) is 18.2 Å². The zero-order valence-corrected chi connectivity index (χ0v) is 26.1. The van der Waals surface area contributed by atoms with Gasteiger partial charge in [0.2, 0.25) is 11.8 Å². The predicted molar refractivity (Wildman–Crippen MR) is 166 cm³/mol. The molecule has 0 radical (unpaired) electrons. The van der Waals surface area contributed by atoms with Crippen LogP contribution >= 0.6 is 11.8 Å². The number of para-hydroxylation sites is 1. The van der Waals surface area contributed by atoms with Gasteiger partial charge in [-0.25, -0.2) is 4.68 Å². The maximum absolute atomic E-state index is 14.9. The van der Waals surface area contributed by atoms with Crippen LogP contribution in [0.25, 0.3) is 11.0 Å². The number of thioether (sulfide) groups is 1. The molecule has 3 saturated heterocycles. The summed E-state index contributed by atoms with van der Waals surface area (Å²) in [6.07, 6.45) is 6.09. The molecule has 1 aromatic carbocycles. The second kappa shape index (κ2) is 12.8. The molecule has 7 atom stereocenters. The van der Waals surface area contributed by atoms with E-state index in [0.29, 0.717) is 19.3 Å². The van der Waals surface area contributed by atoms with Crippen LogP contribution < -0.4 is 0 Å². The zero-order valence-electron chi connectivity index (χ0n) is 25.3. The number of aromatic nitrogens is 3. The Labute approximate surface area is 257 Å². The lowest BCUT2D eigenvalue weighted by Gasteiger charge is -2.42. The van der Waals surface area contributed by atoms with E-state index in [2.05, 4.69) is 30.4 Å². The molecule has 2 aromatic rings. The van der Waals surface area contributed by atoms with Crippen molar-refractivity contribution in [1.29, 1.82) is 0 Å². The first-order chi connectivity index (χ1) is 20.7. The summed E-state index contributed by atoms with van der Waals surface area (Å²) < 4.78 is 6.56. The number of hydrogen-bond donors (Lipinski definition) is 1. The van der Waals surface area contributed by atoms with Crippen LogP contribution in [0.1, 0.15) is 46.5 Å². The van der Waals surface area contributed by atoms with Gasteiger partial charge in [-0.1, -0.05) is 50.3 Å². The molecule has 43 heavy (non-hydrogen) atoms. The summed E-state index contributed by atoms with van der Waals surface area (Å²) in [4.78, 5) is 46.2. The summed E-state index contributed by atoms with van der Waals surface area (Å²) >= 11 is 1.61. The third kappa shape index (κ3) is 5.39. The first kappa shape index (κ1) is 31.3. The summed E-state index contributed by atoms with van der Waals surface area (Å²) in [5.41, 5.74) is 1.51. The van der Waals surface area contributed by atoms with Gasteiger partial charge in [0.15, 0.2) is 0 Å². The fourth-order valence-corrected chi connectivity index (χ4v) is 9.84. The molecule has 3 aliphatic heterocycles. The number of esters is 1. The van der Waals surface area contributed by atoms with Crippen LogP contribution in [0.2, 0.25) is 0 Å². The minimum Gasteiger partial charge on any atom is -0.465 e. The maximum Gasteiger partial charge on any atom is 0.310 e. The Balaban J connectivity index is 1.54. The number of amides is 2. The third-order valence-corrected chi connectivity index (χ3v) is 11.3. The maximum atomic E-state index is 14.9. The lowest BCUT2D eigenvalue weighted by Crippen LogP contribution is -2.59. The minimum absolute atomic E-state index is 0.00334. The minimum atomic E-state index is -0.862. The van der Waals surface area contributed by atoms with E-state index in [1.54, 1.807) is 38.4 Å². The molecule has 11 heteroatoms. The quantitative estimate of drug-likeness (QED) is 0.196. The lowest BCUT2D eigenvalue weighted by atomic mass is 9.66. The first-order valence-corrected chi connectivity index (χ1v) is 16.1. The standard InChI is InChI=1S/C32H43N5O5S/c1-6-8-11-15-42-31(41)26-25-17-21(5)32(43-25)27(26)29(39)37(22(18-38)16-20(3)4)28(32)30(40)35(14-7-2)19-36-24-13-10-9-12-23(24)33-34-36/h6-7,9-10,12-13,20-22,25-28,38H,1-2,8,11,14-19H2,3-5H3/t21?,22-,25+,26-,27+,28?,32?/m1/s1. The fourth-order valence-electron chi connectivity index (χ4n) is 7.45. The molecular formula is C32H43N5O5S. The number of allylic oxidation sites excluding steroid dienone is 1. The van der Waals surface area contributed by atoms with Gasteiger partial charge in [0, 0.05) is 11.8 Å². The molecule has 1 spiro atoms. The SMILES string of the molecule is C=CCCCOC(=O)[C@@H]1[C@@H]2CC(C)C3(S2)C(C(=O)N(CC=C)Cn2nnc4ccccc42)N([C@@H](CO)CC(C)C)C(=O)[C@H]13. The normalized spacial score (nSPS) is 28.3. The first-order valence-electron chi connectivity index (χ1n) is 15.3. The molecule has 4 heterocycles. The van der Waals surface area contributed by atoms with E-state index in [1.165, 1.54) is 0 Å². The highest BCUT2D eigenvalue weighted by Gasteiger charge is 2.77. The molecule has 0 saturated carbocycles. The molecule has 3 aliphatic rings. The summed E-state index contributed by atoms with van der Waals surface area (Å²) in [5, 5.41) is 19.0. The van der Waals surface area contributed by atoms with E-state index < -0.39 is 28.7 Å². The topological polar surface area (TPSA) is 118 Å². The molecular weight excluding hydrogens is 566 g/mol. The average molecular weight is 610 g/mol. The van der Waals surface area contributed by atoms with Gasteiger partial charge in [-0.2, -0.15) is 0 Å². The Morgan fingerprint density at radius 1 is 1.28 bits per heavy atom. The Kier molecular flexibility index (Phi) is 9.31. The molecule has 2 bridgehead atoms. The van der Waals surface area contributed by atoms with Crippen molar-refractivity contribution in [3.63, 3.8) is 0 Å². The van der Waals surface area contributed by atoms with Crippen LogP contribution in [-0.4, -0.2) is 89.5 Å². The Hall–Kier alpha value is -3.18. The summed E-state index contributed by atoms with van der Waals surface area (Å²) in [6.45, 7) is 14.1. The van der Waals surface area contributed by atoms with Gasteiger partial charge in [0.05, 0.1) is 41.4 Å². The van der Waals surface area contributed by atoms with Gasteiger partial charge in [0.25, 0.3) is 0 Å². The van der Waals surface area contributed by atoms with Gasteiger partial charge in [-0.05, 0) is 49.7 Å². The molecule has 1 N–H and O–H groups in total. The van der Waals surface area contributed by atoms with E-state index in [1.807, 2.05) is 38.1 Å². The smallest absolute Gasteiger partial charge is 0.310 e. The predicted octanol–water partition coefficient (Wildman–Crippen LogP) is 3.66. The summed E-state index contributed by atoms with van der Waals surface area (Å²) in [6, 6.07) is 6.12. The Bertz CT molecular complexity index is 1380. The average Bonchev–Trinajstić information content (AvgIpc) is 3.70. The van der Waals surface area contributed by atoms with Crippen molar-refractivity contribution in [2.75, 3.05) is 19.8 Å². The van der Waals surface area contributed by atoms with Crippen LogP contribution in [0, 0.1) is 23.7 Å². The van der Waals surface area contributed by atoms with Crippen molar-refractivity contribution in [3.05, 3.63) is 49.6 Å². The van der Waals surface area contributed by atoms with E-state index in [4.69, 9.17) is 4.74 Å².